The van der Waals surface area contributed by atoms with E-state index in [0.717, 1.165) is 29.0 Å². The highest BCUT2D eigenvalue weighted by Crippen LogP contribution is 2.19. The van der Waals surface area contributed by atoms with Gasteiger partial charge in [-0.25, -0.2) is 4.79 Å². The van der Waals surface area contributed by atoms with Crippen molar-refractivity contribution in [2.24, 2.45) is 0 Å². The van der Waals surface area contributed by atoms with E-state index in [1.54, 1.807) is 7.11 Å². The number of amides is 2. The minimum Gasteiger partial charge on any atom is -0.497 e. The summed E-state index contributed by atoms with van der Waals surface area (Å²) in [5.74, 6) is 1.63. The van der Waals surface area contributed by atoms with Crippen LogP contribution in [0.2, 0.25) is 0 Å². The number of para-hydroxylation sites is 1. The topological polar surface area (TPSA) is 59.6 Å². The molecule has 2 amide bonds. The molecule has 0 saturated heterocycles. The van der Waals surface area contributed by atoms with Gasteiger partial charge in [0.1, 0.15) is 11.5 Å². The van der Waals surface area contributed by atoms with Crippen LogP contribution in [0, 0.1) is 0 Å². The van der Waals surface area contributed by atoms with E-state index >= 15 is 0 Å². The zero-order valence-electron chi connectivity index (χ0n) is 15.0. The Morgan fingerprint density at radius 2 is 1.76 bits per heavy atom. The predicted molar refractivity (Wildman–Crippen MR) is 99.1 cm³/mol. The van der Waals surface area contributed by atoms with Crippen LogP contribution < -0.4 is 20.1 Å². The summed E-state index contributed by atoms with van der Waals surface area (Å²) in [6, 6.07) is 15.4. The van der Waals surface area contributed by atoms with Crippen LogP contribution in [-0.2, 0) is 13.0 Å². The molecule has 0 unspecified atom stereocenters. The zero-order chi connectivity index (χ0) is 18.1. The fourth-order valence-corrected chi connectivity index (χ4v) is 2.37. The van der Waals surface area contributed by atoms with Crippen LogP contribution in [0.3, 0.4) is 0 Å². The van der Waals surface area contributed by atoms with Crippen LogP contribution >= 0.6 is 0 Å². The average molecular weight is 342 g/mol. The van der Waals surface area contributed by atoms with Gasteiger partial charge >= 0.3 is 6.03 Å². The van der Waals surface area contributed by atoms with Crippen molar-refractivity contribution in [3.05, 3.63) is 59.7 Å². The smallest absolute Gasteiger partial charge is 0.315 e. The van der Waals surface area contributed by atoms with Gasteiger partial charge < -0.3 is 20.1 Å². The van der Waals surface area contributed by atoms with Crippen LogP contribution in [0.5, 0.6) is 11.5 Å². The van der Waals surface area contributed by atoms with Crippen LogP contribution in [0.4, 0.5) is 4.79 Å². The lowest BCUT2D eigenvalue weighted by Gasteiger charge is -2.15. The number of urea groups is 1. The first-order chi connectivity index (χ1) is 12.1. The summed E-state index contributed by atoms with van der Waals surface area (Å²) in [4.78, 5) is 12.0. The number of rotatable bonds is 8. The zero-order valence-corrected chi connectivity index (χ0v) is 15.0. The molecule has 0 aliphatic heterocycles. The van der Waals surface area contributed by atoms with Gasteiger partial charge in [0.25, 0.3) is 0 Å². The summed E-state index contributed by atoms with van der Waals surface area (Å²) < 4.78 is 10.9. The standard InChI is InChI=1S/C20H26N2O3/c1-15(2)25-19-7-5-4-6-17(19)14-22-20(23)21-13-12-16-8-10-18(24-3)11-9-16/h4-11,15H,12-14H2,1-3H3,(H2,21,22,23). The fourth-order valence-electron chi connectivity index (χ4n) is 2.37. The van der Waals surface area contributed by atoms with Crippen molar-refractivity contribution in [3.8, 4) is 11.5 Å². The third kappa shape index (κ3) is 6.37. The molecule has 0 fully saturated rings. The van der Waals surface area contributed by atoms with E-state index in [1.165, 1.54) is 0 Å². The second-order valence-electron chi connectivity index (χ2n) is 5.98. The molecule has 0 aromatic heterocycles. The Morgan fingerprint density at radius 3 is 2.44 bits per heavy atom. The van der Waals surface area contributed by atoms with Gasteiger partial charge in [0, 0.05) is 18.7 Å². The van der Waals surface area contributed by atoms with Crippen LogP contribution in [0.1, 0.15) is 25.0 Å². The molecular formula is C20H26N2O3. The van der Waals surface area contributed by atoms with Gasteiger partial charge in [0.05, 0.1) is 13.2 Å². The lowest BCUT2D eigenvalue weighted by Crippen LogP contribution is -2.36. The Kier molecular flexibility index (Phi) is 7.14. The van der Waals surface area contributed by atoms with Gasteiger partial charge in [-0.3, -0.25) is 0 Å². The summed E-state index contributed by atoms with van der Waals surface area (Å²) >= 11 is 0. The van der Waals surface area contributed by atoms with E-state index in [2.05, 4.69) is 10.6 Å². The van der Waals surface area contributed by atoms with Crippen LogP contribution in [0.25, 0.3) is 0 Å². The number of methoxy groups -OCH3 is 1. The van der Waals surface area contributed by atoms with Crippen molar-refractivity contribution in [3.63, 3.8) is 0 Å². The molecule has 2 aromatic carbocycles. The Labute approximate surface area is 149 Å². The molecule has 2 aromatic rings. The fraction of sp³-hybridized carbons (Fsp3) is 0.350. The second kappa shape index (κ2) is 9.57. The molecule has 25 heavy (non-hydrogen) atoms. The predicted octanol–water partition coefficient (Wildman–Crippen LogP) is 3.52. The highest BCUT2D eigenvalue weighted by atomic mass is 16.5. The highest BCUT2D eigenvalue weighted by molar-refractivity contribution is 5.73. The lowest BCUT2D eigenvalue weighted by atomic mass is 10.1. The van der Waals surface area contributed by atoms with E-state index in [1.807, 2.05) is 62.4 Å². The van der Waals surface area contributed by atoms with Gasteiger partial charge in [0.15, 0.2) is 0 Å². The summed E-state index contributed by atoms with van der Waals surface area (Å²) in [7, 11) is 1.64. The molecule has 0 radical (unpaired) electrons. The van der Waals surface area contributed by atoms with Crippen molar-refractivity contribution >= 4 is 6.03 Å². The Balaban J connectivity index is 1.75. The molecule has 0 saturated carbocycles. The third-order valence-corrected chi connectivity index (χ3v) is 3.63. The molecule has 5 heteroatoms. The molecule has 134 valence electrons. The number of carbonyl (C=O) groups excluding carboxylic acids is 1. The largest absolute Gasteiger partial charge is 0.497 e. The first-order valence-electron chi connectivity index (χ1n) is 8.47. The van der Waals surface area contributed by atoms with Crippen molar-refractivity contribution in [1.82, 2.24) is 10.6 Å². The minimum absolute atomic E-state index is 0.0967. The second-order valence-corrected chi connectivity index (χ2v) is 5.98. The summed E-state index contributed by atoms with van der Waals surface area (Å²) in [5, 5.41) is 5.74. The number of carbonyl (C=O) groups is 1. The normalized spacial score (nSPS) is 10.4. The monoisotopic (exact) mass is 342 g/mol. The van der Waals surface area contributed by atoms with Crippen LogP contribution in [0.15, 0.2) is 48.5 Å². The number of hydrogen-bond acceptors (Lipinski definition) is 3. The molecule has 0 aliphatic rings. The number of hydrogen-bond donors (Lipinski definition) is 2. The molecule has 0 aliphatic carbocycles. The number of benzene rings is 2. The maximum absolute atomic E-state index is 12.0. The van der Waals surface area contributed by atoms with Gasteiger partial charge in [-0.05, 0) is 44.0 Å². The Bertz CT molecular complexity index is 669. The SMILES string of the molecule is COc1ccc(CCNC(=O)NCc2ccccc2OC(C)C)cc1. The Hall–Kier alpha value is -2.69. The lowest BCUT2D eigenvalue weighted by molar-refractivity contribution is 0.236. The minimum atomic E-state index is -0.187. The maximum atomic E-state index is 12.0. The van der Waals surface area contributed by atoms with Gasteiger partial charge in [0.2, 0.25) is 0 Å². The highest BCUT2D eigenvalue weighted by Gasteiger charge is 2.07. The molecule has 5 nitrogen and oxygen atoms in total. The van der Waals surface area contributed by atoms with Gasteiger partial charge in [-0.1, -0.05) is 30.3 Å². The Morgan fingerprint density at radius 1 is 1.04 bits per heavy atom. The molecular weight excluding hydrogens is 316 g/mol. The summed E-state index contributed by atoms with van der Waals surface area (Å²) in [6.45, 7) is 4.96. The first-order valence-corrected chi connectivity index (χ1v) is 8.47. The van der Waals surface area contributed by atoms with Crippen molar-refractivity contribution in [2.45, 2.75) is 32.9 Å². The van der Waals surface area contributed by atoms with E-state index < -0.39 is 0 Å². The first kappa shape index (κ1) is 18.6. The van der Waals surface area contributed by atoms with E-state index in [4.69, 9.17) is 9.47 Å². The number of nitrogens with one attached hydrogen (secondary N) is 2. The van der Waals surface area contributed by atoms with Crippen molar-refractivity contribution < 1.29 is 14.3 Å². The molecule has 0 spiro atoms. The molecule has 0 bridgehead atoms. The van der Waals surface area contributed by atoms with E-state index in [-0.39, 0.29) is 12.1 Å². The third-order valence-electron chi connectivity index (χ3n) is 3.63. The maximum Gasteiger partial charge on any atom is 0.315 e. The van der Waals surface area contributed by atoms with E-state index in [9.17, 15) is 4.79 Å². The molecule has 2 N–H and O–H groups in total. The van der Waals surface area contributed by atoms with Crippen molar-refractivity contribution in [1.29, 1.82) is 0 Å². The molecule has 2 rings (SSSR count). The van der Waals surface area contributed by atoms with E-state index in [0.29, 0.717) is 13.1 Å². The van der Waals surface area contributed by atoms with Gasteiger partial charge in [-0.15, -0.1) is 0 Å². The quantitative estimate of drug-likeness (QED) is 0.772. The summed E-state index contributed by atoms with van der Waals surface area (Å²) in [5.41, 5.74) is 2.11. The average Bonchev–Trinajstić information content (AvgIpc) is 2.61. The van der Waals surface area contributed by atoms with Crippen LogP contribution in [-0.4, -0.2) is 25.8 Å². The molecule has 0 heterocycles. The molecule has 0 atom stereocenters. The number of ether oxygens (including phenoxy) is 2. The van der Waals surface area contributed by atoms with Gasteiger partial charge in [-0.2, -0.15) is 0 Å². The van der Waals surface area contributed by atoms with Crippen molar-refractivity contribution in [2.75, 3.05) is 13.7 Å². The summed E-state index contributed by atoms with van der Waals surface area (Å²) in [6.07, 6.45) is 0.865.